The van der Waals surface area contributed by atoms with E-state index in [9.17, 15) is 31.2 Å². The van der Waals surface area contributed by atoms with Crippen LogP contribution in [0.3, 0.4) is 0 Å². The fourth-order valence-corrected chi connectivity index (χ4v) is 3.36. The minimum Gasteiger partial charge on any atom is -0.374 e. The van der Waals surface area contributed by atoms with Crippen molar-refractivity contribution < 1.29 is 26.3 Å². The Bertz CT molecular complexity index is 1080. The highest BCUT2D eigenvalue weighted by Gasteiger charge is 2.37. The van der Waals surface area contributed by atoms with Gasteiger partial charge in [-0.05, 0) is 30.5 Å². The second-order valence-electron chi connectivity index (χ2n) is 5.92. The Labute approximate surface area is 144 Å². The molecule has 2 N–H and O–H groups in total. The van der Waals surface area contributed by atoms with E-state index in [1.165, 1.54) is 0 Å². The number of halogens is 3. The molecule has 1 aromatic heterocycles. The summed E-state index contributed by atoms with van der Waals surface area (Å²) in [4.78, 5) is 28.2. The Balaban J connectivity index is 2.32. The Kier molecular flexibility index (Phi) is 4.35. The number of ether oxygens (including phenoxy) is 1. The molecule has 12 heteroatoms. The Morgan fingerprint density at radius 3 is 2.54 bits per heavy atom. The predicted molar refractivity (Wildman–Crippen MR) is 86.0 cm³/mol. The summed E-state index contributed by atoms with van der Waals surface area (Å²) >= 11 is 0. The third-order valence-electron chi connectivity index (χ3n) is 3.91. The molecule has 1 aliphatic rings. The lowest BCUT2D eigenvalue weighted by Crippen LogP contribution is -2.43. The fourth-order valence-electron chi connectivity index (χ4n) is 2.86. The van der Waals surface area contributed by atoms with Crippen molar-refractivity contribution in [2.45, 2.75) is 25.1 Å². The van der Waals surface area contributed by atoms with Crippen LogP contribution in [0.1, 0.15) is 30.1 Å². The molecule has 0 bridgehead atoms. The maximum atomic E-state index is 13.4. The van der Waals surface area contributed by atoms with Crippen LogP contribution in [0, 0.1) is 0 Å². The molecule has 1 unspecified atom stereocenters. The summed E-state index contributed by atoms with van der Waals surface area (Å²) in [5.74, 6) is 0. The number of aromatic amines is 1. The largest absolute Gasteiger partial charge is 0.416 e. The highest BCUT2D eigenvalue weighted by Crippen LogP contribution is 2.40. The van der Waals surface area contributed by atoms with E-state index in [1.54, 1.807) is 4.83 Å². The van der Waals surface area contributed by atoms with E-state index in [-0.39, 0.29) is 21.1 Å². The van der Waals surface area contributed by atoms with E-state index in [0.717, 1.165) is 12.3 Å². The second kappa shape index (κ2) is 6.13. The Morgan fingerprint density at radius 1 is 1.31 bits per heavy atom. The van der Waals surface area contributed by atoms with E-state index < -0.39 is 39.1 Å². The number of rotatable bonds is 3. The van der Waals surface area contributed by atoms with Crippen LogP contribution in [0.2, 0.25) is 0 Å². The average Bonchev–Trinajstić information content (AvgIpc) is 3.03. The fraction of sp³-hybridized carbons (Fsp3) is 0.429. The zero-order valence-electron chi connectivity index (χ0n) is 13.4. The molecule has 1 saturated heterocycles. The maximum absolute atomic E-state index is 13.4. The normalized spacial score (nSPS) is 18.4. The molecular weight excluding hydrogens is 379 g/mol. The van der Waals surface area contributed by atoms with Gasteiger partial charge in [-0.15, -0.1) is 0 Å². The Morgan fingerprint density at radius 2 is 2.00 bits per heavy atom. The topological polar surface area (TPSA) is 110 Å². The van der Waals surface area contributed by atoms with Crippen molar-refractivity contribution in [2.24, 2.45) is 0 Å². The van der Waals surface area contributed by atoms with Crippen molar-refractivity contribution in [3.8, 4) is 0 Å². The minimum atomic E-state index is -4.72. The first-order valence-electron chi connectivity index (χ1n) is 7.47. The quantitative estimate of drug-likeness (QED) is 0.810. The number of aromatic nitrogens is 2. The van der Waals surface area contributed by atoms with Gasteiger partial charge in [-0.1, -0.05) is 0 Å². The maximum Gasteiger partial charge on any atom is 0.416 e. The second-order valence-corrected chi connectivity index (χ2v) is 7.65. The number of nitrogens with one attached hydrogen (secondary N) is 2. The lowest BCUT2D eigenvalue weighted by molar-refractivity contribution is -0.139. The molecular formula is C14H14F3N3O5S. The summed E-state index contributed by atoms with van der Waals surface area (Å²) in [6.07, 6.45) is -3.89. The van der Waals surface area contributed by atoms with Gasteiger partial charge in [0.2, 0.25) is 10.0 Å². The molecule has 2 heterocycles. The van der Waals surface area contributed by atoms with Crippen molar-refractivity contribution in [2.75, 3.05) is 17.7 Å². The summed E-state index contributed by atoms with van der Waals surface area (Å²) in [6, 6.07) is 1.66. The predicted octanol–water partition coefficient (Wildman–Crippen LogP) is 1.06. The van der Waals surface area contributed by atoms with Crippen molar-refractivity contribution in [3.05, 3.63) is 44.1 Å². The van der Waals surface area contributed by atoms with E-state index in [2.05, 4.69) is 4.98 Å². The number of fused-ring (bicyclic) bond motifs is 1. The number of H-pyrrole nitrogens is 1. The third-order valence-corrected chi connectivity index (χ3v) is 4.42. The highest BCUT2D eigenvalue weighted by molar-refractivity contribution is 7.91. The summed E-state index contributed by atoms with van der Waals surface area (Å²) in [5.41, 5.74) is -3.87. The summed E-state index contributed by atoms with van der Waals surface area (Å²) in [6.45, 7) is 0.297. The molecule has 0 radical (unpaired) electrons. The van der Waals surface area contributed by atoms with Crippen LogP contribution < -0.4 is 16.1 Å². The molecule has 142 valence electrons. The number of hydrogen-bond donors (Lipinski definition) is 2. The van der Waals surface area contributed by atoms with Crippen molar-refractivity contribution in [1.82, 2.24) is 9.66 Å². The van der Waals surface area contributed by atoms with Crippen LogP contribution in [0.5, 0.6) is 0 Å². The molecule has 0 spiro atoms. The van der Waals surface area contributed by atoms with Gasteiger partial charge in [0.1, 0.15) is 0 Å². The first-order valence-corrected chi connectivity index (χ1v) is 9.36. The number of benzene rings is 1. The van der Waals surface area contributed by atoms with Gasteiger partial charge in [0.05, 0.1) is 28.8 Å². The molecule has 8 nitrogen and oxygen atoms in total. The molecule has 26 heavy (non-hydrogen) atoms. The van der Waals surface area contributed by atoms with Crippen LogP contribution in [-0.4, -0.2) is 30.9 Å². The van der Waals surface area contributed by atoms with Gasteiger partial charge in [0.25, 0.3) is 5.56 Å². The smallest absolute Gasteiger partial charge is 0.374 e. The lowest BCUT2D eigenvalue weighted by Gasteiger charge is -2.18. The van der Waals surface area contributed by atoms with Gasteiger partial charge < -0.3 is 9.72 Å². The minimum absolute atomic E-state index is 0.199. The van der Waals surface area contributed by atoms with Gasteiger partial charge in [-0.25, -0.2) is 18.0 Å². The highest BCUT2D eigenvalue weighted by atomic mass is 32.2. The number of nitrogens with zero attached hydrogens (tertiary/aromatic N) is 1. The summed E-state index contributed by atoms with van der Waals surface area (Å²) < 4.78 is 68.4. The van der Waals surface area contributed by atoms with Gasteiger partial charge in [0.15, 0.2) is 0 Å². The molecule has 2 aromatic rings. The third kappa shape index (κ3) is 3.46. The van der Waals surface area contributed by atoms with Crippen molar-refractivity contribution in [1.29, 1.82) is 0 Å². The standard InChI is InChI=1S/C14H14F3N3O5S/c1-26(23,24)19-20-12(21)8-5-7(11-3-2-4-25-11)9(14(15,16)17)6-10(8)18-13(20)22/h5-6,11,19H,2-4H2,1H3,(H,18,22). The number of sulfonamides is 1. The molecule has 0 saturated carbocycles. The number of alkyl halides is 3. The monoisotopic (exact) mass is 393 g/mol. The van der Waals surface area contributed by atoms with Crippen LogP contribution in [0.25, 0.3) is 10.9 Å². The van der Waals surface area contributed by atoms with E-state index in [1.807, 2.05) is 0 Å². The molecule has 0 amide bonds. The zero-order chi connectivity index (χ0) is 19.3. The van der Waals surface area contributed by atoms with Crippen molar-refractivity contribution >= 4 is 20.9 Å². The van der Waals surface area contributed by atoms with Crippen LogP contribution in [-0.2, 0) is 20.9 Å². The van der Waals surface area contributed by atoms with E-state index in [0.29, 0.717) is 25.5 Å². The van der Waals surface area contributed by atoms with Gasteiger partial charge in [-0.2, -0.15) is 17.8 Å². The van der Waals surface area contributed by atoms with Gasteiger partial charge >= 0.3 is 11.9 Å². The van der Waals surface area contributed by atoms with Gasteiger partial charge in [-0.3, -0.25) is 4.79 Å². The van der Waals surface area contributed by atoms with Crippen molar-refractivity contribution in [3.63, 3.8) is 0 Å². The van der Waals surface area contributed by atoms with E-state index >= 15 is 0 Å². The van der Waals surface area contributed by atoms with Crippen LogP contribution in [0.4, 0.5) is 13.2 Å². The lowest BCUT2D eigenvalue weighted by atomic mass is 9.97. The van der Waals surface area contributed by atoms with E-state index in [4.69, 9.17) is 4.74 Å². The summed E-state index contributed by atoms with van der Waals surface area (Å²) in [5, 5.41) is -0.265. The molecule has 0 aliphatic carbocycles. The first-order chi connectivity index (χ1) is 12.0. The number of hydrogen-bond acceptors (Lipinski definition) is 5. The SMILES string of the molecule is CS(=O)(=O)Nn1c(=O)[nH]c2cc(C(F)(F)F)c(C3CCCO3)cc2c1=O. The van der Waals surface area contributed by atoms with Crippen LogP contribution in [0.15, 0.2) is 21.7 Å². The van der Waals surface area contributed by atoms with Crippen LogP contribution >= 0.6 is 0 Å². The zero-order valence-corrected chi connectivity index (χ0v) is 14.2. The molecule has 1 atom stereocenters. The molecule has 1 fully saturated rings. The molecule has 1 aromatic carbocycles. The summed E-state index contributed by atoms with van der Waals surface area (Å²) in [7, 11) is -3.96. The average molecular weight is 393 g/mol. The first kappa shape index (κ1) is 18.5. The van der Waals surface area contributed by atoms with Gasteiger partial charge in [0, 0.05) is 6.61 Å². The molecule has 3 rings (SSSR count). The molecule has 1 aliphatic heterocycles. The Hall–Kier alpha value is -2.34.